The summed E-state index contributed by atoms with van der Waals surface area (Å²) in [5.41, 5.74) is 2.56. The minimum absolute atomic E-state index is 0.0288. The lowest BCUT2D eigenvalue weighted by atomic mass is 10.1. The number of halogens is 1. The molecule has 4 amide bonds. The van der Waals surface area contributed by atoms with Gasteiger partial charge in [0.25, 0.3) is 11.8 Å². The molecule has 0 spiro atoms. The second-order valence-electron chi connectivity index (χ2n) is 9.67. The summed E-state index contributed by atoms with van der Waals surface area (Å²) in [6, 6.07) is 27.9. The molecule has 0 fully saturated rings. The first-order chi connectivity index (χ1) is 21.2. The molecule has 8 nitrogen and oxygen atoms in total. The zero-order valence-corrected chi connectivity index (χ0v) is 24.9. The monoisotopic (exact) mass is 610 g/mol. The SMILES string of the molecule is CCC(Sc1cccc(NC(=O)/C(=C/c2ccc(F)cc2)NC(=O)c2ccccc2)c1)C(=O)Nc1ccc(NC(C)=O)cc1. The molecular formula is C34H31FN4O4S. The summed E-state index contributed by atoms with van der Waals surface area (Å²) in [7, 11) is 0. The van der Waals surface area contributed by atoms with Crippen LogP contribution < -0.4 is 21.3 Å². The van der Waals surface area contributed by atoms with Crippen molar-refractivity contribution in [2.75, 3.05) is 16.0 Å². The molecular weight excluding hydrogens is 579 g/mol. The van der Waals surface area contributed by atoms with Crippen molar-refractivity contribution in [3.8, 4) is 0 Å². The van der Waals surface area contributed by atoms with Crippen LogP contribution in [0.4, 0.5) is 21.5 Å². The van der Waals surface area contributed by atoms with Gasteiger partial charge in [0.2, 0.25) is 11.8 Å². The summed E-state index contributed by atoms with van der Waals surface area (Å²) < 4.78 is 13.5. The van der Waals surface area contributed by atoms with Crippen LogP contribution in [0.15, 0.2) is 114 Å². The van der Waals surface area contributed by atoms with E-state index in [9.17, 15) is 23.6 Å². The van der Waals surface area contributed by atoms with Gasteiger partial charge in [-0.15, -0.1) is 11.8 Å². The predicted molar refractivity (Wildman–Crippen MR) is 173 cm³/mol. The van der Waals surface area contributed by atoms with E-state index >= 15 is 0 Å². The molecule has 0 saturated carbocycles. The first-order valence-electron chi connectivity index (χ1n) is 13.8. The quantitative estimate of drug-likeness (QED) is 0.111. The number of thioether (sulfide) groups is 1. The molecule has 1 unspecified atom stereocenters. The number of carbonyl (C=O) groups excluding carboxylic acids is 4. The Hall–Kier alpha value is -5.22. The first kappa shape index (κ1) is 31.7. The maximum atomic E-state index is 13.5. The van der Waals surface area contributed by atoms with Crippen LogP contribution in [0.25, 0.3) is 6.08 Å². The molecule has 4 rings (SSSR count). The Labute approximate surface area is 259 Å². The Balaban J connectivity index is 1.46. The maximum absolute atomic E-state index is 13.5. The summed E-state index contributed by atoms with van der Waals surface area (Å²) in [6.45, 7) is 3.33. The molecule has 0 bridgehead atoms. The lowest BCUT2D eigenvalue weighted by Gasteiger charge is -2.16. The predicted octanol–water partition coefficient (Wildman–Crippen LogP) is 6.70. The average Bonchev–Trinajstić information content (AvgIpc) is 3.01. The smallest absolute Gasteiger partial charge is 0.272 e. The van der Waals surface area contributed by atoms with Crippen LogP contribution in [0.5, 0.6) is 0 Å². The fourth-order valence-corrected chi connectivity index (χ4v) is 5.08. The number of anilines is 3. The van der Waals surface area contributed by atoms with Crippen LogP contribution >= 0.6 is 11.8 Å². The molecule has 4 aromatic rings. The van der Waals surface area contributed by atoms with Gasteiger partial charge in [0.1, 0.15) is 11.5 Å². The van der Waals surface area contributed by atoms with Crippen molar-refractivity contribution < 1.29 is 23.6 Å². The number of hydrogen-bond donors (Lipinski definition) is 4. The van der Waals surface area contributed by atoms with Crippen molar-refractivity contribution in [1.82, 2.24) is 5.32 Å². The van der Waals surface area contributed by atoms with Gasteiger partial charge in [0.15, 0.2) is 0 Å². The van der Waals surface area contributed by atoms with Gasteiger partial charge in [-0.05, 0) is 84.8 Å². The molecule has 4 N–H and O–H groups in total. The standard InChI is InChI=1S/C34H31FN4O4S/c1-3-31(34(43)37-27-18-16-26(17-19-27)36-22(2)40)44-29-11-7-10-28(21-29)38-33(42)30(20-23-12-14-25(35)15-13-23)39-32(41)24-8-5-4-6-9-24/h4-21,31H,3H2,1-2H3,(H,36,40)(H,37,43)(H,38,42)(H,39,41)/b30-20-. The number of benzene rings is 4. The van der Waals surface area contributed by atoms with E-state index in [1.165, 1.54) is 49.0 Å². The van der Waals surface area contributed by atoms with Crippen molar-refractivity contribution in [1.29, 1.82) is 0 Å². The highest BCUT2D eigenvalue weighted by molar-refractivity contribution is 8.00. The minimum atomic E-state index is -0.576. The summed E-state index contributed by atoms with van der Waals surface area (Å²) in [6.07, 6.45) is 2.02. The van der Waals surface area contributed by atoms with Crippen molar-refractivity contribution in [3.63, 3.8) is 0 Å². The van der Waals surface area contributed by atoms with Crippen LogP contribution in [-0.2, 0) is 14.4 Å². The Kier molecular flexibility index (Phi) is 11.0. The van der Waals surface area contributed by atoms with Gasteiger partial charge in [0.05, 0.1) is 5.25 Å². The average molecular weight is 611 g/mol. The van der Waals surface area contributed by atoms with Gasteiger partial charge in [0, 0.05) is 34.4 Å². The topological polar surface area (TPSA) is 116 Å². The van der Waals surface area contributed by atoms with Crippen molar-refractivity contribution in [2.24, 2.45) is 0 Å². The van der Waals surface area contributed by atoms with Crippen LogP contribution in [0, 0.1) is 5.82 Å². The second-order valence-corrected chi connectivity index (χ2v) is 11.0. The summed E-state index contributed by atoms with van der Waals surface area (Å²) >= 11 is 1.35. The van der Waals surface area contributed by atoms with E-state index in [-0.39, 0.29) is 17.5 Å². The van der Waals surface area contributed by atoms with E-state index in [0.717, 1.165) is 4.90 Å². The van der Waals surface area contributed by atoms with Crippen molar-refractivity contribution in [3.05, 3.63) is 126 Å². The molecule has 4 aromatic carbocycles. The van der Waals surface area contributed by atoms with Gasteiger partial charge in [-0.3, -0.25) is 19.2 Å². The van der Waals surface area contributed by atoms with Crippen LogP contribution in [0.2, 0.25) is 0 Å². The molecule has 0 aromatic heterocycles. The van der Waals surface area contributed by atoms with E-state index < -0.39 is 22.9 Å². The Morgan fingerprint density at radius 2 is 1.43 bits per heavy atom. The van der Waals surface area contributed by atoms with E-state index in [1.54, 1.807) is 72.8 Å². The van der Waals surface area contributed by atoms with Gasteiger partial charge in [-0.1, -0.05) is 43.3 Å². The Morgan fingerprint density at radius 1 is 0.773 bits per heavy atom. The van der Waals surface area contributed by atoms with E-state index in [1.807, 2.05) is 13.0 Å². The number of rotatable bonds is 11. The highest BCUT2D eigenvalue weighted by atomic mass is 32.2. The Bertz CT molecular complexity index is 1660. The highest BCUT2D eigenvalue weighted by Crippen LogP contribution is 2.29. The van der Waals surface area contributed by atoms with Crippen LogP contribution in [0.1, 0.15) is 36.2 Å². The zero-order chi connectivity index (χ0) is 31.5. The summed E-state index contributed by atoms with van der Waals surface area (Å²) in [4.78, 5) is 51.3. The lowest BCUT2D eigenvalue weighted by molar-refractivity contribution is -0.116. The van der Waals surface area contributed by atoms with Gasteiger partial charge in [-0.2, -0.15) is 0 Å². The largest absolute Gasteiger partial charge is 0.326 e. The number of carbonyl (C=O) groups is 4. The zero-order valence-electron chi connectivity index (χ0n) is 24.1. The number of amides is 4. The van der Waals surface area contributed by atoms with Gasteiger partial charge < -0.3 is 21.3 Å². The highest BCUT2D eigenvalue weighted by Gasteiger charge is 2.19. The normalized spacial score (nSPS) is 11.7. The third kappa shape index (κ3) is 9.40. The molecule has 0 aliphatic heterocycles. The molecule has 44 heavy (non-hydrogen) atoms. The third-order valence-corrected chi connectivity index (χ3v) is 7.57. The van der Waals surface area contributed by atoms with E-state index in [2.05, 4.69) is 21.3 Å². The molecule has 0 radical (unpaired) electrons. The van der Waals surface area contributed by atoms with Crippen molar-refractivity contribution >= 4 is 58.5 Å². The molecule has 0 heterocycles. The summed E-state index contributed by atoms with van der Waals surface area (Å²) in [5.74, 6) is -1.84. The van der Waals surface area contributed by atoms with Crippen molar-refractivity contribution in [2.45, 2.75) is 30.4 Å². The molecule has 1 atom stereocenters. The summed E-state index contributed by atoms with van der Waals surface area (Å²) in [5, 5.41) is 10.6. The second kappa shape index (κ2) is 15.3. The van der Waals surface area contributed by atoms with Gasteiger partial charge >= 0.3 is 0 Å². The van der Waals surface area contributed by atoms with Crippen LogP contribution in [0.3, 0.4) is 0 Å². The van der Waals surface area contributed by atoms with E-state index in [0.29, 0.717) is 34.6 Å². The minimum Gasteiger partial charge on any atom is -0.326 e. The number of hydrogen-bond acceptors (Lipinski definition) is 5. The molecule has 0 aliphatic rings. The fourth-order valence-electron chi connectivity index (χ4n) is 4.06. The fraction of sp³-hybridized carbons (Fsp3) is 0.118. The first-order valence-corrected chi connectivity index (χ1v) is 14.7. The van der Waals surface area contributed by atoms with E-state index in [4.69, 9.17) is 0 Å². The maximum Gasteiger partial charge on any atom is 0.272 e. The third-order valence-electron chi connectivity index (χ3n) is 6.22. The number of nitrogens with one attached hydrogen (secondary N) is 4. The van der Waals surface area contributed by atoms with Gasteiger partial charge in [-0.25, -0.2) is 4.39 Å². The molecule has 0 saturated heterocycles. The molecule has 224 valence electrons. The Morgan fingerprint density at radius 3 is 2.07 bits per heavy atom. The molecule has 0 aliphatic carbocycles. The lowest BCUT2D eigenvalue weighted by Crippen LogP contribution is -2.30. The molecule has 10 heteroatoms. The van der Waals surface area contributed by atoms with Crippen LogP contribution in [-0.4, -0.2) is 28.9 Å².